The maximum absolute atomic E-state index is 10.4. The summed E-state index contributed by atoms with van der Waals surface area (Å²) in [5.74, 6) is 0.784. The highest BCUT2D eigenvalue weighted by molar-refractivity contribution is 5.17. The number of piperidine rings is 1. The lowest BCUT2D eigenvalue weighted by Crippen LogP contribution is -3.14. The minimum absolute atomic E-state index is 0.0764. The Bertz CT molecular complexity index is 638. The summed E-state index contributed by atoms with van der Waals surface area (Å²) in [5, 5.41) is 10.4. The van der Waals surface area contributed by atoms with Gasteiger partial charge >= 0.3 is 0 Å². The van der Waals surface area contributed by atoms with Crippen molar-refractivity contribution in [2.24, 2.45) is 5.92 Å². The van der Waals surface area contributed by atoms with Gasteiger partial charge in [0.05, 0.1) is 25.8 Å². The second-order valence-corrected chi connectivity index (χ2v) is 7.88. The van der Waals surface area contributed by atoms with E-state index in [0.717, 1.165) is 32.0 Å². The van der Waals surface area contributed by atoms with Crippen LogP contribution in [0.1, 0.15) is 43.4 Å². The van der Waals surface area contributed by atoms with Crippen molar-refractivity contribution < 1.29 is 14.7 Å². The molecule has 2 N–H and O–H groups in total. The van der Waals surface area contributed by atoms with Crippen LogP contribution in [0.4, 0.5) is 0 Å². The minimum atomic E-state index is -0.386. The van der Waals surface area contributed by atoms with Crippen molar-refractivity contribution in [1.29, 1.82) is 0 Å². The SMILES string of the molecule is CC[C@H](OC[C@H](O)C[NH+]1CCC(Cc2ccccc2)CC1)c1ccccc1. The molecule has 2 aromatic rings. The zero-order chi connectivity index (χ0) is 18.9. The van der Waals surface area contributed by atoms with Crippen LogP contribution in [-0.4, -0.2) is 37.5 Å². The van der Waals surface area contributed by atoms with E-state index >= 15 is 0 Å². The topological polar surface area (TPSA) is 33.9 Å². The summed E-state index contributed by atoms with van der Waals surface area (Å²) in [6.45, 7) is 5.66. The van der Waals surface area contributed by atoms with Gasteiger partial charge < -0.3 is 14.7 Å². The van der Waals surface area contributed by atoms with E-state index in [2.05, 4.69) is 49.4 Å². The van der Waals surface area contributed by atoms with Crippen LogP contribution in [0.5, 0.6) is 0 Å². The van der Waals surface area contributed by atoms with Crippen LogP contribution in [0, 0.1) is 5.92 Å². The Balaban J connectivity index is 1.37. The summed E-state index contributed by atoms with van der Waals surface area (Å²) in [4.78, 5) is 1.52. The first kappa shape index (κ1) is 20.1. The van der Waals surface area contributed by atoms with Gasteiger partial charge in [-0.2, -0.15) is 0 Å². The minimum Gasteiger partial charge on any atom is -0.385 e. The van der Waals surface area contributed by atoms with Crippen molar-refractivity contribution in [3.63, 3.8) is 0 Å². The van der Waals surface area contributed by atoms with E-state index in [1.54, 1.807) is 0 Å². The van der Waals surface area contributed by atoms with E-state index in [0.29, 0.717) is 6.61 Å². The van der Waals surface area contributed by atoms with Crippen LogP contribution < -0.4 is 4.90 Å². The number of aliphatic hydroxyl groups excluding tert-OH is 1. The number of hydrogen-bond acceptors (Lipinski definition) is 2. The third-order valence-corrected chi connectivity index (χ3v) is 5.74. The van der Waals surface area contributed by atoms with Crippen molar-refractivity contribution in [2.75, 3.05) is 26.2 Å². The fourth-order valence-corrected chi connectivity index (χ4v) is 4.18. The molecule has 3 nitrogen and oxygen atoms in total. The predicted molar refractivity (Wildman–Crippen MR) is 110 cm³/mol. The average Bonchev–Trinajstić information content (AvgIpc) is 2.71. The van der Waals surface area contributed by atoms with Gasteiger partial charge in [0.2, 0.25) is 0 Å². The lowest BCUT2D eigenvalue weighted by atomic mass is 9.90. The van der Waals surface area contributed by atoms with E-state index < -0.39 is 0 Å². The molecule has 1 saturated heterocycles. The molecule has 1 heterocycles. The zero-order valence-corrected chi connectivity index (χ0v) is 16.5. The van der Waals surface area contributed by atoms with E-state index in [4.69, 9.17) is 4.74 Å². The van der Waals surface area contributed by atoms with Gasteiger partial charge in [-0.3, -0.25) is 0 Å². The summed E-state index contributed by atoms with van der Waals surface area (Å²) >= 11 is 0. The molecule has 0 saturated carbocycles. The molecule has 3 heteroatoms. The molecule has 0 unspecified atom stereocenters. The fourth-order valence-electron chi connectivity index (χ4n) is 4.18. The van der Waals surface area contributed by atoms with Gasteiger partial charge in [-0.25, -0.2) is 0 Å². The molecular weight excluding hydrogens is 334 g/mol. The lowest BCUT2D eigenvalue weighted by molar-refractivity contribution is -0.909. The second-order valence-electron chi connectivity index (χ2n) is 7.88. The number of hydrogen-bond donors (Lipinski definition) is 2. The van der Waals surface area contributed by atoms with Crippen molar-refractivity contribution in [1.82, 2.24) is 0 Å². The van der Waals surface area contributed by atoms with Crippen LogP contribution in [0.15, 0.2) is 60.7 Å². The summed E-state index contributed by atoms with van der Waals surface area (Å²) in [6, 6.07) is 21.1. The van der Waals surface area contributed by atoms with Crippen LogP contribution in [0.3, 0.4) is 0 Å². The first-order valence-corrected chi connectivity index (χ1v) is 10.5. The van der Waals surface area contributed by atoms with Gasteiger partial charge in [0.1, 0.15) is 12.6 Å². The largest absolute Gasteiger partial charge is 0.385 e. The molecule has 0 radical (unpaired) electrons. The van der Waals surface area contributed by atoms with E-state index in [1.807, 2.05) is 18.2 Å². The molecule has 146 valence electrons. The van der Waals surface area contributed by atoms with E-state index in [9.17, 15) is 5.11 Å². The van der Waals surface area contributed by atoms with Crippen LogP contribution >= 0.6 is 0 Å². The van der Waals surface area contributed by atoms with Crippen LogP contribution in [0.25, 0.3) is 0 Å². The molecule has 2 atom stereocenters. The Kier molecular flexibility index (Phi) is 7.88. The standard InChI is InChI=1S/C24H33NO2/c1-2-24(22-11-7-4-8-12-22)27-19-23(26)18-25-15-13-21(14-16-25)17-20-9-5-3-6-10-20/h3-12,21,23-24,26H,2,13-19H2,1H3/p+1/t23-,24+/m1/s1. The maximum atomic E-state index is 10.4. The third-order valence-electron chi connectivity index (χ3n) is 5.74. The Morgan fingerprint density at radius 1 is 1.00 bits per heavy atom. The molecule has 1 aliphatic heterocycles. The monoisotopic (exact) mass is 368 g/mol. The highest BCUT2D eigenvalue weighted by Crippen LogP contribution is 2.20. The Labute approximate surface area is 164 Å². The molecule has 0 amide bonds. The molecule has 0 aliphatic carbocycles. The van der Waals surface area contributed by atoms with Crippen molar-refractivity contribution in [2.45, 2.75) is 44.8 Å². The molecule has 0 spiro atoms. The van der Waals surface area contributed by atoms with Gasteiger partial charge in [0.15, 0.2) is 0 Å². The molecule has 3 rings (SSSR count). The number of aliphatic hydroxyl groups is 1. The Hall–Kier alpha value is -1.68. The Morgan fingerprint density at radius 2 is 1.63 bits per heavy atom. The number of quaternary nitrogens is 1. The van der Waals surface area contributed by atoms with E-state index in [-0.39, 0.29) is 12.2 Å². The third kappa shape index (κ3) is 6.46. The second kappa shape index (κ2) is 10.6. The highest BCUT2D eigenvalue weighted by atomic mass is 16.5. The molecule has 1 aliphatic rings. The van der Waals surface area contributed by atoms with Gasteiger partial charge in [-0.05, 0) is 42.7 Å². The first-order chi connectivity index (χ1) is 13.2. The van der Waals surface area contributed by atoms with Crippen LogP contribution in [-0.2, 0) is 11.2 Å². The normalized spacial score (nSPS) is 22.3. The smallest absolute Gasteiger partial charge is 0.126 e. The van der Waals surface area contributed by atoms with Crippen molar-refractivity contribution >= 4 is 0 Å². The summed E-state index contributed by atoms with van der Waals surface area (Å²) in [5.41, 5.74) is 2.65. The molecule has 0 aromatic heterocycles. The molecular formula is C24H34NO2+. The number of ether oxygens (including phenoxy) is 1. The lowest BCUT2D eigenvalue weighted by Gasteiger charge is -2.31. The summed E-state index contributed by atoms with van der Waals surface area (Å²) < 4.78 is 6.02. The first-order valence-electron chi connectivity index (χ1n) is 10.5. The molecule has 0 bridgehead atoms. The molecule has 27 heavy (non-hydrogen) atoms. The van der Waals surface area contributed by atoms with Gasteiger partial charge in [0, 0.05) is 0 Å². The average molecular weight is 369 g/mol. The number of rotatable bonds is 9. The van der Waals surface area contributed by atoms with Crippen molar-refractivity contribution in [3.05, 3.63) is 71.8 Å². The van der Waals surface area contributed by atoms with Gasteiger partial charge in [-0.1, -0.05) is 67.6 Å². The Morgan fingerprint density at radius 3 is 2.26 bits per heavy atom. The number of likely N-dealkylation sites (tertiary alicyclic amines) is 1. The quantitative estimate of drug-likeness (QED) is 0.713. The van der Waals surface area contributed by atoms with Crippen LogP contribution in [0.2, 0.25) is 0 Å². The summed E-state index contributed by atoms with van der Waals surface area (Å²) in [7, 11) is 0. The predicted octanol–water partition coefficient (Wildman–Crippen LogP) is 3.05. The van der Waals surface area contributed by atoms with Gasteiger partial charge in [0.25, 0.3) is 0 Å². The zero-order valence-electron chi connectivity index (χ0n) is 16.5. The summed E-state index contributed by atoms with van der Waals surface area (Å²) in [6.07, 6.45) is 4.30. The number of benzene rings is 2. The van der Waals surface area contributed by atoms with Gasteiger partial charge in [-0.15, -0.1) is 0 Å². The number of nitrogens with one attached hydrogen (secondary N) is 1. The highest BCUT2D eigenvalue weighted by Gasteiger charge is 2.24. The van der Waals surface area contributed by atoms with Crippen molar-refractivity contribution in [3.8, 4) is 0 Å². The maximum Gasteiger partial charge on any atom is 0.126 e. The van der Waals surface area contributed by atoms with E-state index in [1.165, 1.54) is 35.3 Å². The molecule has 2 aromatic carbocycles. The fraction of sp³-hybridized carbons (Fsp3) is 0.500. The molecule has 1 fully saturated rings.